The number of hydrogen-bond donors (Lipinski definition) is 0. The van der Waals surface area contributed by atoms with Gasteiger partial charge in [-0.2, -0.15) is 0 Å². The van der Waals surface area contributed by atoms with Gasteiger partial charge in [-0.15, -0.1) is 0 Å². The van der Waals surface area contributed by atoms with E-state index in [9.17, 15) is 4.79 Å². The lowest BCUT2D eigenvalue weighted by Crippen LogP contribution is -2.23. The first-order valence-corrected chi connectivity index (χ1v) is 7.79. The second kappa shape index (κ2) is 7.87. The predicted octanol–water partition coefficient (Wildman–Crippen LogP) is 4.23. The van der Waals surface area contributed by atoms with Gasteiger partial charge in [0, 0.05) is 6.08 Å². The van der Waals surface area contributed by atoms with Crippen LogP contribution in [-0.2, 0) is 9.53 Å². The van der Waals surface area contributed by atoms with Crippen LogP contribution >= 0.6 is 0 Å². The maximum atomic E-state index is 11.4. The summed E-state index contributed by atoms with van der Waals surface area (Å²) in [7, 11) is 0. The van der Waals surface area contributed by atoms with Gasteiger partial charge in [-0.25, -0.2) is 4.79 Å². The van der Waals surface area contributed by atoms with Crippen LogP contribution in [0.15, 0.2) is 36.4 Å². The van der Waals surface area contributed by atoms with Crippen molar-refractivity contribution in [2.75, 3.05) is 6.61 Å². The zero-order valence-corrected chi connectivity index (χ0v) is 12.9. The van der Waals surface area contributed by atoms with Crippen LogP contribution in [0, 0.1) is 0 Å². The van der Waals surface area contributed by atoms with Crippen LogP contribution < -0.4 is 4.74 Å². The van der Waals surface area contributed by atoms with Crippen LogP contribution in [0.25, 0.3) is 0 Å². The summed E-state index contributed by atoms with van der Waals surface area (Å²) < 4.78 is 10.9. The fourth-order valence-electron chi connectivity index (χ4n) is 2.86. The average molecular weight is 288 g/mol. The Morgan fingerprint density at radius 3 is 2.43 bits per heavy atom. The van der Waals surface area contributed by atoms with Gasteiger partial charge in [-0.3, -0.25) is 0 Å². The number of carbonyl (C=O) groups excluding carboxylic acids is 1. The van der Waals surface area contributed by atoms with Gasteiger partial charge in [0.1, 0.15) is 11.9 Å². The molecule has 1 fully saturated rings. The molecular weight excluding hydrogens is 264 g/mol. The first-order chi connectivity index (χ1) is 10.2. The highest BCUT2D eigenvalue weighted by Crippen LogP contribution is 2.34. The SMILES string of the molecule is C/C=C/C(=O)OC1CCC(c2ccc(OCC)cc2)CC1. The molecule has 1 aromatic rings. The molecule has 0 unspecified atom stereocenters. The molecule has 0 atom stereocenters. The third-order valence-corrected chi connectivity index (χ3v) is 3.92. The van der Waals surface area contributed by atoms with E-state index in [2.05, 4.69) is 12.1 Å². The summed E-state index contributed by atoms with van der Waals surface area (Å²) in [4.78, 5) is 11.4. The van der Waals surface area contributed by atoms with Crippen molar-refractivity contribution in [1.29, 1.82) is 0 Å². The van der Waals surface area contributed by atoms with Crippen molar-refractivity contribution in [3.05, 3.63) is 42.0 Å². The van der Waals surface area contributed by atoms with E-state index in [4.69, 9.17) is 9.47 Å². The van der Waals surface area contributed by atoms with Crippen LogP contribution in [0.1, 0.15) is 51.0 Å². The van der Waals surface area contributed by atoms with Crippen LogP contribution in [0.5, 0.6) is 5.75 Å². The first kappa shape index (κ1) is 15.6. The summed E-state index contributed by atoms with van der Waals surface area (Å²) in [6.07, 6.45) is 7.31. The topological polar surface area (TPSA) is 35.5 Å². The van der Waals surface area contributed by atoms with Crippen molar-refractivity contribution >= 4 is 5.97 Å². The molecule has 114 valence electrons. The Labute approximate surface area is 127 Å². The van der Waals surface area contributed by atoms with E-state index < -0.39 is 0 Å². The molecule has 1 aliphatic carbocycles. The highest BCUT2D eigenvalue weighted by molar-refractivity contribution is 5.81. The molecule has 21 heavy (non-hydrogen) atoms. The van der Waals surface area contributed by atoms with E-state index in [1.54, 1.807) is 6.08 Å². The molecule has 0 N–H and O–H groups in total. The van der Waals surface area contributed by atoms with Crippen LogP contribution in [0.2, 0.25) is 0 Å². The van der Waals surface area contributed by atoms with E-state index in [1.165, 1.54) is 11.6 Å². The van der Waals surface area contributed by atoms with E-state index in [1.807, 2.05) is 26.0 Å². The van der Waals surface area contributed by atoms with Crippen LogP contribution in [0.3, 0.4) is 0 Å². The number of rotatable bonds is 5. The molecule has 1 saturated carbocycles. The Morgan fingerprint density at radius 1 is 1.19 bits per heavy atom. The molecule has 0 aliphatic heterocycles. The van der Waals surface area contributed by atoms with Crippen molar-refractivity contribution < 1.29 is 14.3 Å². The predicted molar refractivity (Wildman–Crippen MR) is 83.5 cm³/mol. The smallest absolute Gasteiger partial charge is 0.330 e. The Balaban J connectivity index is 1.84. The molecule has 0 saturated heterocycles. The van der Waals surface area contributed by atoms with Crippen molar-refractivity contribution in [2.45, 2.75) is 51.6 Å². The fourth-order valence-corrected chi connectivity index (χ4v) is 2.86. The molecule has 0 amide bonds. The molecule has 0 radical (unpaired) electrons. The Bertz CT molecular complexity index is 468. The molecule has 0 aromatic heterocycles. The zero-order valence-electron chi connectivity index (χ0n) is 12.9. The van der Waals surface area contributed by atoms with Crippen molar-refractivity contribution in [3.63, 3.8) is 0 Å². The summed E-state index contributed by atoms with van der Waals surface area (Å²) in [5.74, 6) is 1.27. The monoisotopic (exact) mass is 288 g/mol. The summed E-state index contributed by atoms with van der Waals surface area (Å²) >= 11 is 0. The third-order valence-electron chi connectivity index (χ3n) is 3.92. The molecule has 0 bridgehead atoms. The van der Waals surface area contributed by atoms with Crippen molar-refractivity contribution in [2.24, 2.45) is 0 Å². The fraction of sp³-hybridized carbons (Fsp3) is 0.500. The number of ether oxygens (including phenoxy) is 2. The molecule has 1 aliphatic rings. The van der Waals surface area contributed by atoms with Gasteiger partial charge in [-0.05, 0) is 63.1 Å². The highest BCUT2D eigenvalue weighted by atomic mass is 16.5. The van der Waals surface area contributed by atoms with Gasteiger partial charge in [0.25, 0.3) is 0 Å². The lowest BCUT2D eigenvalue weighted by atomic mass is 9.83. The quantitative estimate of drug-likeness (QED) is 0.601. The lowest BCUT2D eigenvalue weighted by Gasteiger charge is -2.28. The second-order valence-electron chi connectivity index (χ2n) is 5.41. The summed E-state index contributed by atoms with van der Waals surface area (Å²) in [6, 6.07) is 8.39. The molecule has 0 spiro atoms. The largest absolute Gasteiger partial charge is 0.494 e. The highest BCUT2D eigenvalue weighted by Gasteiger charge is 2.24. The molecule has 0 heterocycles. The van der Waals surface area contributed by atoms with Crippen molar-refractivity contribution in [1.82, 2.24) is 0 Å². The van der Waals surface area contributed by atoms with Gasteiger partial charge in [-0.1, -0.05) is 18.2 Å². The Morgan fingerprint density at radius 2 is 1.86 bits per heavy atom. The molecule has 3 heteroatoms. The number of esters is 1. The first-order valence-electron chi connectivity index (χ1n) is 7.79. The molecule has 3 nitrogen and oxygen atoms in total. The lowest BCUT2D eigenvalue weighted by molar-refractivity contribution is -0.144. The van der Waals surface area contributed by atoms with Crippen molar-refractivity contribution in [3.8, 4) is 5.75 Å². The minimum atomic E-state index is -0.220. The summed E-state index contributed by atoms with van der Waals surface area (Å²) in [6.45, 7) is 4.51. The number of allylic oxidation sites excluding steroid dienone is 1. The van der Waals surface area contributed by atoms with Crippen LogP contribution in [0.4, 0.5) is 0 Å². The maximum Gasteiger partial charge on any atom is 0.330 e. The second-order valence-corrected chi connectivity index (χ2v) is 5.41. The minimum absolute atomic E-state index is 0.0765. The minimum Gasteiger partial charge on any atom is -0.494 e. The Kier molecular flexibility index (Phi) is 5.85. The van der Waals surface area contributed by atoms with E-state index in [-0.39, 0.29) is 12.1 Å². The van der Waals surface area contributed by atoms with Gasteiger partial charge < -0.3 is 9.47 Å². The number of carbonyl (C=O) groups is 1. The average Bonchev–Trinajstić information content (AvgIpc) is 2.49. The zero-order chi connectivity index (χ0) is 15.1. The maximum absolute atomic E-state index is 11.4. The number of benzene rings is 1. The van der Waals surface area contributed by atoms with E-state index in [0.29, 0.717) is 12.5 Å². The Hall–Kier alpha value is -1.77. The normalized spacial score (nSPS) is 22.2. The number of hydrogen-bond acceptors (Lipinski definition) is 3. The molecule has 2 rings (SSSR count). The van der Waals surface area contributed by atoms with Gasteiger partial charge in [0.2, 0.25) is 0 Å². The molecule has 1 aromatic carbocycles. The summed E-state index contributed by atoms with van der Waals surface area (Å²) in [5.41, 5.74) is 1.36. The van der Waals surface area contributed by atoms with E-state index >= 15 is 0 Å². The van der Waals surface area contributed by atoms with Gasteiger partial charge in [0.15, 0.2) is 0 Å². The van der Waals surface area contributed by atoms with Gasteiger partial charge in [0.05, 0.1) is 6.61 Å². The molecular formula is C18H24O3. The van der Waals surface area contributed by atoms with E-state index in [0.717, 1.165) is 31.4 Å². The summed E-state index contributed by atoms with van der Waals surface area (Å²) in [5, 5.41) is 0. The third kappa shape index (κ3) is 4.62. The van der Waals surface area contributed by atoms with Crippen LogP contribution in [-0.4, -0.2) is 18.7 Å². The standard InChI is InChI=1S/C18H24O3/c1-3-5-18(19)21-17-12-8-15(9-13-17)14-6-10-16(11-7-14)20-4-2/h3,5-7,10-11,15,17H,4,8-9,12-13H2,1-2H3/b5-3+. The van der Waals surface area contributed by atoms with Gasteiger partial charge >= 0.3 is 5.97 Å².